The van der Waals surface area contributed by atoms with E-state index in [4.69, 9.17) is 10.5 Å². The van der Waals surface area contributed by atoms with Crippen LogP contribution in [0.15, 0.2) is 78.9 Å². The molecule has 0 atom stereocenters. The largest absolute Gasteiger partial charge is 0.484 e. The van der Waals surface area contributed by atoms with Crippen molar-refractivity contribution < 1.29 is 14.3 Å². The van der Waals surface area contributed by atoms with Crippen molar-refractivity contribution in [1.29, 1.82) is 0 Å². The van der Waals surface area contributed by atoms with Crippen LogP contribution in [0.2, 0.25) is 0 Å². The highest BCUT2D eigenvalue weighted by Gasteiger charge is 2.22. The first kappa shape index (κ1) is 20.1. The maximum atomic E-state index is 12.2. The van der Waals surface area contributed by atoms with Gasteiger partial charge < -0.3 is 15.8 Å². The molecule has 0 radical (unpaired) electrons. The quantitative estimate of drug-likeness (QED) is 0.638. The molecule has 3 N–H and O–H groups in total. The summed E-state index contributed by atoms with van der Waals surface area (Å²) < 4.78 is 5.59. The van der Waals surface area contributed by atoms with Gasteiger partial charge in [-0.25, -0.2) is 0 Å². The molecule has 3 aromatic rings. The van der Waals surface area contributed by atoms with E-state index in [0.717, 1.165) is 5.56 Å². The number of hydrogen-bond donors (Lipinski definition) is 2. The fourth-order valence-corrected chi connectivity index (χ4v) is 3.13. The molecule has 148 valence electrons. The number of ether oxygens (including phenoxy) is 1. The maximum absolute atomic E-state index is 12.2. The van der Waals surface area contributed by atoms with Gasteiger partial charge in [0.15, 0.2) is 6.61 Å². The molecule has 0 saturated carbocycles. The second-order valence-electron chi connectivity index (χ2n) is 7.26. The van der Waals surface area contributed by atoms with Gasteiger partial charge in [-0.1, -0.05) is 68.4 Å². The number of nitrogens with two attached hydrogens (primary N) is 1. The standard InChI is InChI=1S/C24H24N2O3/c1-24(2,17-8-4-3-5-9-17)18-12-14-19(15-13-18)29-16-22(27)26-21-11-7-6-10-20(21)23(25)28/h3-15H,16H2,1-2H3,(H2,25,28)(H,26,27). The summed E-state index contributed by atoms with van der Waals surface area (Å²) in [6.45, 7) is 4.16. The fourth-order valence-electron chi connectivity index (χ4n) is 3.13. The van der Waals surface area contributed by atoms with Crippen molar-refractivity contribution in [2.24, 2.45) is 5.73 Å². The summed E-state index contributed by atoms with van der Waals surface area (Å²) in [5, 5.41) is 2.65. The van der Waals surface area contributed by atoms with E-state index in [2.05, 4.69) is 31.3 Å². The minimum absolute atomic E-state index is 0.143. The van der Waals surface area contributed by atoms with Gasteiger partial charge in [0.25, 0.3) is 11.8 Å². The molecule has 5 heteroatoms. The molecule has 3 rings (SSSR count). The molecular formula is C24H24N2O3. The van der Waals surface area contributed by atoms with Crippen LogP contribution in [0.1, 0.15) is 35.3 Å². The molecule has 0 aliphatic rings. The molecule has 0 spiro atoms. The van der Waals surface area contributed by atoms with Gasteiger partial charge in [0.1, 0.15) is 5.75 Å². The zero-order valence-corrected chi connectivity index (χ0v) is 16.5. The van der Waals surface area contributed by atoms with Gasteiger partial charge >= 0.3 is 0 Å². The molecule has 0 heterocycles. The number of carbonyl (C=O) groups is 2. The van der Waals surface area contributed by atoms with Gasteiger partial charge in [0.05, 0.1) is 11.3 Å². The lowest BCUT2D eigenvalue weighted by Gasteiger charge is -2.26. The highest BCUT2D eigenvalue weighted by atomic mass is 16.5. The van der Waals surface area contributed by atoms with Gasteiger partial charge in [-0.3, -0.25) is 9.59 Å². The highest BCUT2D eigenvalue weighted by Crippen LogP contribution is 2.32. The van der Waals surface area contributed by atoms with Gasteiger partial charge in [0, 0.05) is 5.41 Å². The Kier molecular flexibility index (Phi) is 5.98. The van der Waals surface area contributed by atoms with Crippen LogP contribution in [0.4, 0.5) is 5.69 Å². The third-order valence-corrected chi connectivity index (χ3v) is 4.91. The molecule has 0 saturated heterocycles. The lowest BCUT2D eigenvalue weighted by molar-refractivity contribution is -0.118. The molecule has 0 aliphatic carbocycles. The van der Waals surface area contributed by atoms with Crippen LogP contribution < -0.4 is 15.8 Å². The number of para-hydroxylation sites is 1. The molecule has 3 aromatic carbocycles. The van der Waals surface area contributed by atoms with E-state index in [1.54, 1.807) is 24.3 Å². The Labute approximate surface area is 170 Å². The molecule has 0 unspecified atom stereocenters. The summed E-state index contributed by atoms with van der Waals surface area (Å²) in [7, 11) is 0. The summed E-state index contributed by atoms with van der Waals surface area (Å²) in [5.74, 6) is -0.373. The van der Waals surface area contributed by atoms with E-state index in [1.165, 1.54) is 5.56 Å². The van der Waals surface area contributed by atoms with Crippen LogP contribution in [0.5, 0.6) is 5.75 Å². The molecule has 0 aliphatic heterocycles. The Morgan fingerprint density at radius 2 is 1.45 bits per heavy atom. The first-order valence-electron chi connectivity index (χ1n) is 9.35. The third kappa shape index (κ3) is 4.82. The number of rotatable bonds is 7. The zero-order valence-electron chi connectivity index (χ0n) is 16.5. The van der Waals surface area contributed by atoms with Crippen molar-refractivity contribution in [3.8, 4) is 5.75 Å². The van der Waals surface area contributed by atoms with E-state index in [1.807, 2.05) is 42.5 Å². The molecule has 0 bridgehead atoms. The average Bonchev–Trinajstić information content (AvgIpc) is 2.73. The Balaban J connectivity index is 1.62. The van der Waals surface area contributed by atoms with Gasteiger partial charge in [-0.2, -0.15) is 0 Å². The van der Waals surface area contributed by atoms with Crippen molar-refractivity contribution in [3.63, 3.8) is 0 Å². The first-order chi connectivity index (χ1) is 13.9. The van der Waals surface area contributed by atoms with Crippen LogP contribution in [0.25, 0.3) is 0 Å². The van der Waals surface area contributed by atoms with E-state index in [0.29, 0.717) is 11.4 Å². The summed E-state index contributed by atoms with van der Waals surface area (Å²) in [5.41, 5.74) is 8.18. The van der Waals surface area contributed by atoms with Crippen LogP contribution in [0.3, 0.4) is 0 Å². The van der Waals surface area contributed by atoms with E-state index in [-0.39, 0.29) is 23.5 Å². The van der Waals surface area contributed by atoms with Crippen molar-refractivity contribution in [1.82, 2.24) is 0 Å². The van der Waals surface area contributed by atoms with E-state index in [9.17, 15) is 9.59 Å². The summed E-state index contributed by atoms with van der Waals surface area (Å²) in [6, 6.07) is 24.6. The van der Waals surface area contributed by atoms with Crippen LogP contribution in [-0.2, 0) is 10.2 Å². The smallest absolute Gasteiger partial charge is 0.262 e. The predicted octanol–water partition coefficient (Wildman–Crippen LogP) is 4.13. The Bertz CT molecular complexity index is 996. The van der Waals surface area contributed by atoms with Crippen molar-refractivity contribution >= 4 is 17.5 Å². The van der Waals surface area contributed by atoms with Gasteiger partial charge in [-0.05, 0) is 35.4 Å². The van der Waals surface area contributed by atoms with Crippen LogP contribution in [0, 0.1) is 0 Å². The number of anilines is 1. The van der Waals surface area contributed by atoms with Crippen molar-refractivity contribution in [2.45, 2.75) is 19.3 Å². The molecule has 0 fully saturated rings. The topological polar surface area (TPSA) is 81.4 Å². The second kappa shape index (κ2) is 8.61. The zero-order chi connectivity index (χ0) is 20.9. The average molecular weight is 388 g/mol. The summed E-state index contributed by atoms with van der Waals surface area (Å²) in [4.78, 5) is 23.6. The Morgan fingerprint density at radius 1 is 0.862 bits per heavy atom. The lowest BCUT2D eigenvalue weighted by atomic mass is 9.78. The van der Waals surface area contributed by atoms with Crippen molar-refractivity contribution in [3.05, 3.63) is 95.6 Å². The lowest BCUT2D eigenvalue weighted by Crippen LogP contribution is -2.23. The molecule has 5 nitrogen and oxygen atoms in total. The number of carbonyl (C=O) groups excluding carboxylic acids is 2. The first-order valence-corrected chi connectivity index (χ1v) is 9.35. The number of hydrogen-bond acceptors (Lipinski definition) is 3. The highest BCUT2D eigenvalue weighted by molar-refractivity contribution is 6.03. The number of amides is 2. The van der Waals surface area contributed by atoms with E-state index < -0.39 is 5.91 Å². The fraction of sp³-hybridized carbons (Fsp3) is 0.167. The Hall–Kier alpha value is -3.60. The molecular weight excluding hydrogens is 364 g/mol. The van der Waals surface area contributed by atoms with E-state index >= 15 is 0 Å². The van der Waals surface area contributed by atoms with Gasteiger partial charge in [0.2, 0.25) is 0 Å². The second-order valence-corrected chi connectivity index (χ2v) is 7.26. The normalized spacial score (nSPS) is 11.0. The van der Waals surface area contributed by atoms with Crippen LogP contribution in [-0.4, -0.2) is 18.4 Å². The molecule has 0 aromatic heterocycles. The van der Waals surface area contributed by atoms with Gasteiger partial charge in [-0.15, -0.1) is 0 Å². The number of nitrogens with one attached hydrogen (secondary N) is 1. The summed E-state index contributed by atoms with van der Waals surface area (Å²) in [6.07, 6.45) is 0. The Morgan fingerprint density at radius 3 is 2.10 bits per heavy atom. The van der Waals surface area contributed by atoms with Crippen molar-refractivity contribution in [2.75, 3.05) is 11.9 Å². The van der Waals surface area contributed by atoms with Crippen LogP contribution >= 0.6 is 0 Å². The minimum Gasteiger partial charge on any atom is -0.484 e. The maximum Gasteiger partial charge on any atom is 0.262 e. The number of primary amides is 1. The third-order valence-electron chi connectivity index (χ3n) is 4.91. The predicted molar refractivity (Wildman–Crippen MR) is 114 cm³/mol. The summed E-state index contributed by atoms with van der Waals surface area (Å²) >= 11 is 0. The molecule has 29 heavy (non-hydrogen) atoms. The number of benzene rings is 3. The minimum atomic E-state index is -0.599. The SMILES string of the molecule is CC(C)(c1ccccc1)c1ccc(OCC(=O)Nc2ccccc2C(N)=O)cc1. The molecule has 2 amide bonds. The monoisotopic (exact) mass is 388 g/mol.